The van der Waals surface area contributed by atoms with E-state index in [2.05, 4.69) is 21.3 Å². The Bertz CT molecular complexity index is 1170. The maximum atomic E-state index is 13.9. The zero-order valence-electron chi connectivity index (χ0n) is 19.5. The van der Waals surface area contributed by atoms with E-state index in [1.165, 1.54) is 17.8 Å². The first-order valence-electron chi connectivity index (χ1n) is 11.3. The minimum absolute atomic E-state index is 0.0361. The lowest BCUT2D eigenvalue weighted by molar-refractivity contribution is 0.0957. The van der Waals surface area contributed by atoms with Gasteiger partial charge in [0.2, 0.25) is 0 Å². The van der Waals surface area contributed by atoms with Gasteiger partial charge in [0.1, 0.15) is 6.61 Å². The summed E-state index contributed by atoms with van der Waals surface area (Å²) in [5, 5.41) is 9.01. The van der Waals surface area contributed by atoms with E-state index < -0.39 is 5.82 Å². The SMILES string of the molecule is C=CCn1c(COc2ccccc2F)nnc1SCC(=O)c1cc(C)n(CC2CCCO2)c1C. The van der Waals surface area contributed by atoms with E-state index in [0.717, 1.165) is 42.9 Å². The molecule has 0 N–H and O–H groups in total. The summed E-state index contributed by atoms with van der Waals surface area (Å²) in [6, 6.07) is 8.17. The molecular formula is C25H29FN4O3S. The van der Waals surface area contributed by atoms with E-state index in [4.69, 9.17) is 9.47 Å². The highest BCUT2D eigenvalue weighted by Gasteiger charge is 2.22. The van der Waals surface area contributed by atoms with Gasteiger partial charge in [0, 0.05) is 36.6 Å². The molecule has 1 aliphatic rings. The summed E-state index contributed by atoms with van der Waals surface area (Å²) >= 11 is 1.32. The number of ketones is 1. The highest BCUT2D eigenvalue weighted by Crippen LogP contribution is 2.24. The van der Waals surface area contributed by atoms with Gasteiger partial charge in [-0.15, -0.1) is 16.8 Å². The molecule has 4 rings (SSSR count). The summed E-state index contributed by atoms with van der Waals surface area (Å²) in [5.74, 6) is 0.517. The number of hydrogen-bond donors (Lipinski definition) is 0. The average Bonchev–Trinajstić information content (AvgIpc) is 3.54. The van der Waals surface area contributed by atoms with E-state index in [0.29, 0.717) is 17.5 Å². The third kappa shape index (κ3) is 5.42. The van der Waals surface area contributed by atoms with Gasteiger partial charge < -0.3 is 14.0 Å². The van der Waals surface area contributed by atoms with Crippen molar-refractivity contribution in [2.24, 2.45) is 0 Å². The second-order valence-corrected chi connectivity index (χ2v) is 9.20. The quantitative estimate of drug-likeness (QED) is 0.222. The molecule has 1 aliphatic heterocycles. The maximum absolute atomic E-state index is 13.9. The van der Waals surface area contributed by atoms with Crippen molar-refractivity contribution >= 4 is 17.5 Å². The van der Waals surface area contributed by atoms with Crippen LogP contribution < -0.4 is 4.74 Å². The van der Waals surface area contributed by atoms with Crippen molar-refractivity contribution < 1.29 is 18.7 Å². The van der Waals surface area contributed by atoms with E-state index in [1.54, 1.807) is 24.3 Å². The van der Waals surface area contributed by atoms with Crippen LogP contribution in [0.1, 0.15) is 40.4 Å². The van der Waals surface area contributed by atoms with Crippen LogP contribution in [0.2, 0.25) is 0 Å². The van der Waals surface area contributed by atoms with Crippen molar-refractivity contribution in [3.63, 3.8) is 0 Å². The maximum Gasteiger partial charge on any atom is 0.192 e. The molecular weight excluding hydrogens is 455 g/mol. The second-order valence-electron chi connectivity index (χ2n) is 8.26. The largest absolute Gasteiger partial charge is 0.483 e. The van der Waals surface area contributed by atoms with Crippen LogP contribution in [0.15, 0.2) is 48.1 Å². The molecule has 34 heavy (non-hydrogen) atoms. The Morgan fingerprint density at radius 2 is 2.15 bits per heavy atom. The number of carbonyl (C=O) groups is 1. The first kappa shape index (κ1) is 24.2. The number of Topliss-reactive ketones (excluding diaryl/α,β-unsaturated/α-hetero) is 1. The minimum atomic E-state index is -0.436. The highest BCUT2D eigenvalue weighted by atomic mass is 32.2. The third-order valence-corrected chi connectivity index (χ3v) is 6.88. The predicted molar refractivity (Wildman–Crippen MR) is 129 cm³/mol. The van der Waals surface area contributed by atoms with Crippen molar-refractivity contribution in [2.45, 2.75) is 57.6 Å². The number of nitrogens with zero attached hydrogens (tertiary/aromatic N) is 4. The van der Waals surface area contributed by atoms with Crippen molar-refractivity contribution in [1.82, 2.24) is 19.3 Å². The lowest BCUT2D eigenvalue weighted by atomic mass is 10.2. The summed E-state index contributed by atoms with van der Waals surface area (Å²) in [5.41, 5.74) is 2.75. The van der Waals surface area contributed by atoms with Gasteiger partial charge in [-0.25, -0.2) is 4.39 Å². The van der Waals surface area contributed by atoms with Gasteiger partial charge in [-0.05, 0) is 44.9 Å². The number of rotatable bonds is 11. The van der Waals surface area contributed by atoms with Gasteiger partial charge in [0.15, 0.2) is 28.3 Å². The zero-order chi connectivity index (χ0) is 24.1. The monoisotopic (exact) mass is 484 g/mol. The fourth-order valence-corrected chi connectivity index (χ4v) is 4.96. The molecule has 2 aromatic heterocycles. The number of aromatic nitrogens is 4. The summed E-state index contributed by atoms with van der Waals surface area (Å²) in [7, 11) is 0. The molecule has 0 saturated carbocycles. The number of benzene rings is 1. The molecule has 1 aromatic carbocycles. The molecule has 7 nitrogen and oxygen atoms in total. The molecule has 0 bridgehead atoms. The van der Waals surface area contributed by atoms with Gasteiger partial charge in [-0.3, -0.25) is 9.36 Å². The average molecular weight is 485 g/mol. The molecule has 9 heteroatoms. The van der Waals surface area contributed by atoms with E-state index in [1.807, 2.05) is 24.5 Å². The van der Waals surface area contributed by atoms with Crippen LogP contribution in [0.5, 0.6) is 5.75 Å². The molecule has 0 radical (unpaired) electrons. The topological polar surface area (TPSA) is 71.2 Å². The predicted octanol–water partition coefficient (Wildman–Crippen LogP) is 4.75. The molecule has 1 fully saturated rings. The Hall–Kier alpha value is -2.91. The molecule has 180 valence electrons. The van der Waals surface area contributed by atoms with E-state index in [-0.39, 0.29) is 30.0 Å². The van der Waals surface area contributed by atoms with Crippen LogP contribution in [0.25, 0.3) is 0 Å². The van der Waals surface area contributed by atoms with Crippen LogP contribution in [0, 0.1) is 19.7 Å². The van der Waals surface area contributed by atoms with Crippen molar-refractivity contribution in [3.8, 4) is 5.75 Å². The minimum Gasteiger partial charge on any atom is -0.483 e. The van der Waals surface area contributed by atoms with Crippen molar-refractivity contribution in [2.75, 3.05) is 12.4 Å². The molecule has 0 aliphatic carbocycles. The van der Waals surface area contributed by atoms with Crippen molar-refractivity contribution in [3.05, 3.63) is 71.6 Å². The number of ether oxygens (including phenoxy) is 2. The van der Waals surface area contributed by atoms with Gasteiger partial charge in [0.25, 0.3) is 0 Å². The number of halogens is 1. The summed E-state index contributed by atoms with van der Waals surface area (Å²) in [6.07, 6.45) is 4.08. The molecule has 1 atom stereocenters. The number of carbonyl (C=O) groups excluding carboxylic acids is 1. The number of allylic oxidation sites excluding steroid dienone is 1. The molecule has 1 unspecified atom stereocenters. The Morgan fingerprint density at radius 3 is 2.88 bits per heavy atom. The molecule has 0 amide bonds. The number of para-hydroxylation sites is 1. The van der Waals surface area contributed by atoms with Crippen molar-refractivity contribution in [1.29, 1.82) is 0 Å². The first-order chi connectivity index (χ1) is 16.5. The molecule has 1 saturated heterocycles. The van der Waals surface area contributed by atoms with Crippen LogP contribution in [0.3, 0.4) is 0 Å². The summed E-state index contributed by atoms with van der Waals surface area (Å²) < 4.78 is 29.2. The molecule has 0 spiro atoms. The fraction of sp³-hybridized carbons (Fsp3) is 0.400. The Labute approximate surface area is 203 Å². The Balaban J connectivity index is 1.42. The van der Waals surface area contributed by atoms with Crippen LogP contribution in [0.4, 0.5) is 4.39 Å². The number of aryl methyl sites for hydroxylation is 1. The number of thioether (sulfide) groups is 1. The third-order valence-electron chi connectivity index (χ3n) is 5.92. The standard InChI is InChI=1S/C25H29FN4O3S/c1-4-11-29-24(15-33-23-10-6-5-9-21(23)26)27-28-25(29)34-16-22(31)20-13-17(2)30(18(20)3)14-19-8-7-12-32-19/h4-6,9-10,13,19H,1,7-8,11-12,14-16H2,2-3H3. The lowest BCUT2D eigenvalue weighted by Crippen LogP contribution is -2.17. The van der Waals surface area contributed by atoms with Gasteiger partial charge in [-0.1, -0.05) is 30.0 Å². The zero-order valence-corrected chi connectivity index (χ0v) is 20.3. The van der Waals surface area contributed by atoms with Crippen LogP contribution in [-0.4, -0.2) is 43.6 Å². The number of hydrogen-bond acceptors (Lipinski definition) is 6. The molecule has 3 heterocycles. The van der Waals surface area contributed by atoms with Gasteiger partial charge in [0.05, 0.1) is 11.9 Å². The normalized spacial score (nSPS) is 15.6. The summed E-state index contributed by atoms with van der Waals surface area (Å²) in [6.45, 7) is 9.89. The summed E-state index contributed by atoms with van der Waals surface area (Å²) in [4.78, 5) is 13.1. The fourth-order valence-electron chi connectivity index (χ4n) is 4.11. The Kier molecular flexibility index (Phi) is 7.84. The first-order valence-corrected chi connectivity index (χ1v) is 12.3. The lowest BCUT2D eigenvalue weighted by Gasteiger charge is -2.14. The van der Waals surface area contributed by atoms with Crippen LogP contribution >= 0.6 is 11.8 Å². The van der Waals surface area contributed by atoms with Crippen LogP contribution in [-0.2, 0) is 24.4 Å². The van der Waals surface area contributed by atoms with Gasteiger partial charge >= 0.3 is 0 Å². The highest BCUT2D eigenvalue weighted by molar-refractivity contribution is 7.99. The second kappa shape index (κ2) is 11.0. The molecule has 3 aromatic rings. The van der Waals surface area contributed by atoms with Gasteiger partial charge in [-0.2, -0.15) is 0 Å². The smallest absolute Gasteiger partial charge is 0.192 e. The van der Waals surface area contributed by atoms with E-state index >= 15 is 0 Å². The van der Waals surface area contributed by atoms with E-state index in [9.17, 15) is 9.18 Å². The Morgan fingerprint density at radius 1 is 1.32 bits per heavy atom.